The Labute approximate surface area is 170 Å². The summed E-state index contributed by atoms with van der Waals surface area (Å²) in [7, 11) is 0. The minimum Gasteiger partial charge on any atom is -0.368 e. The van der Waals surface area contributed by atoms with E-state index in [1.165, 1.54) is 12.8 Å². The molecule has 4 fully saturated rings. The Balaban J connectivity index is 1.24. The Morgan fingerprint density at radius 1 is 1.17 bits per heavy atom. The van der Waals surface area contributed by atoms with E-state index in [1.54, 1.807) is 29.2 Å². The zero-order valence-corrected chi connectivity index (χ0v) is 16.5. The Kier molecular flexibility index (Phi) is 4.56. The first kappa shape index (κ1) is 18.6. The summed E-state index contributed by atoms with van der Waals surface area (Å²) in [5.74, 6) is 0.833. The van der Waals surface area contributed by atoms with Crippen molar-refractivity contribution >= 4 is 11.8 Å². The van der Waals surface area contributed by atoms with Crippen LogP contribution in [0.15, 0.2) is 24.3 Å². The average Bonchev–Trinajstić information content (AvgIpc) is 3.48. The molecule has 1 atom stereocenters. The van der Waals surface area contributed by atoms with E-state index < -0.39 is 0 Å². The Hall–Kier alpha value is -2.43. The number of hydrogen-bond donors (Lipinski definition) is 0. The van der Waals surface area contributed by atoms with Gasteiger partial charge in [-0.2, -0.15) is 5.26 Å². The third-order valence-corrected chi connectivity index (χ3v) is 6.61. The minimum atomic E-state index is -0.372. The van der Waals surface area contributed by atoms with Crippen LogP contribution in [0.2, 0.25) is 0 Å². The summed E-state index contributed by atoms with van der Waals surface area (Å²) in [6, 6.07) is 8.72. The van der Waals surface area contributed by atoms with Crippen LogP contribution in [-0.2, 0) is 9.53 Å². The smallest absolute Gasteiger partial charge is 0.254 e. The highest BCUT2D eigenvalue weighted by atomic mass is 16.5. The van der Waals surface area contributed by atoms with Gasteiger partial charge in [0.15, 0.2) is 0 Å². The fourth-order valence-corrected chi connectivity index (χ4v) is 4.57. The maximum absolute atomic E-state index is 12.8. The lowest BCUT2D eigenvalue weighted by Gasteiger charge is -2.56. The average molecular weight is 394 g/mol. The van der Waals surface area contributed by atoms with E-state index in [9.17, 15) is 9.59 Å². The molecule has 3 heterocycles. The molecule has 0 bridgehead atoms. The van der Waals surface area contributed by atoms with Gasteiger partial charge in [-0.3, -0.25) is 14.5 Å². The number of nitrogens with zero attached hydrogens (tertiary/aromatic N) is 4. The summed E-state index contributed by atoms with van der Waals surface area (Å²) in [5, 5.41) is 9.06. The third kappa shape index (κ3) is 3.52. The van der Waals surface area contributed by atoms with Crippen LogP contribution >= 0.6 is 0 Å². The van der Waals surface area contributed by atoms with Gasteiger partial charge in [0.2, 0.25) is 5.91 Å². The second-order valence-corrected chi connectivity index (χ2v) is 8.92. The van der Waals surface area contributed by atoms with Crippen molar-refractivity contribution in [2.75, 3.05) is 45.9 Å². The number of carbonyl (C=O) groups excluding carboxylic acids is 2. The van der Waals surface area contributed by atoms with E-state index >= 15 is 0 Å². The largest absolute Gasteiger partial charge is 0.368 e. The number of carbonyl (C=O) groups is 2. The first-order chi connectivity index (χ1) is 14.1. The maximum Gasteiger partial charge on any atom is 0.254 e. The van der Waals surface area contributed by atoms with Crippen LogP contribution in [0.4, 0.5) is 0 Å². The lowest BCUT2D eigenvalue weighted by molar-refractivity contribution is -0.196. The summed E-state index contributed by atoms with van der Waals surface area (Å²) in [5.41, 5.74) is 0.654. The molecule has 3 aliphatic heterocycles. The van der Waals surface area contributed by atoms with Gasteiger partial charge >= 0.3 is 0 Å². The van der Waals surface area contributed by atoms with Crippen molar-refractivity contribution < 1.29 is 14.3 Å². The molecule has 3 saturated heterocycles. The Morgan fingerprint density at radius 2 is 1.97 bits per heavy atom. The van der Waals surface area contributed by atoms with Crippen molar-refractivity contribution in [3.8, 4) is 6.07 Å². The highest BCUT2D eigenvalue weighted by molar-refractivity contribution is 5.95. The molecule has 0 N–H and O–H groups in total. The predicted molar refractivity (Wildman–Crippen MR) is 105 cm³/mol. The van der Waals surface area contributed by atoms with Crippen molar-refractivity contribution in [2.24, 2.45) is 5.92 Å². The standard InChI is InChI=1S/C22H26N4O3/c23-10-17-3-1-4-18(9-17)20(27)26-14-22(15-26)13-25(11-16-5-6-16)19(12-29-22)21(28)24-7-2-8-24/h1,3-4,9,16,19H,2,5-8,11-15H2/t19-/m1/s1. The summed E-state index contributed by atoms with van der Waals surface area (Å²) in [6.45, 7) is 4.86. The SMILES string of the molecule is N#Cc1cccc(C(=O)N2CC3(C2)CN(CC2CC2)[C@@H](C(=O)N2CCC2)CO3)c1. The lowest BCUT2D eigenvalue weighted by atomic mass is 9.89. The highest BCUT2D eigenvalue weighted by Crippen LogP contribution is 2.36. The maximum atomic E-state index is 12.8. The molecule has 29 heavy (non-hydrogen) atoms. The number of rotatable bonds is 4. The monoisotopic (exact) mass is 394 g/mol. The van der Waals surface area contributed by atoms with Gasteiger partial charge in [0.25, 0.3) is 5.91 Å². The fraction of sp³-hybridized carbons (Fsp3) is 0.591. The van der Waals surface area contributed by atoms with Gasteiger partial charge in [0.05, 0.1) is 31.3 Å². The van der Waals surface area contributed by atoms with Crippen molar-refractivity contribution in [2.45, 2.75) is 30.9 Å². The van der Waals surface area contributed by atoms with E-state index in [-0.39, 0.29) is 23.5 Å². The van der Waals surface area contributed by atoms with Crippen molar-refractivity contribution in [3.63, 3.8) is 0 Å². The molecular weight excluding hydrogens is 368 g/mol. The van der Waals surface area contributed by atoms with Crippen LogP contribution in [0.5, 0.6) is 0 Å². The number of ether oxygens (including phenoxy) is 1. The molecule has 1 saturated carbocycles. The zero-order chi connectivity index (χ0) is 20.0. The topological polar surface area (TPSA) is 76.9 Å². The highest BCUT2D eigenvalue weighted by Gasteiger charge is 2.53. The van der Waals surface area contributed by atoms with E-state index in [4.69, 9.17) is 10.00 Å². The normalized spacial score (nSPS) is 25.8. The van der Waals surface area contributed by atoms with Gasteiger partial charge in [-0.05, 0) is 43.4 Å². The molecule has 0 aromatic heterocycles. The van der Waals surface area contributed by atoms with Gasteiger partial charge in [-0.1, -0.05) is 6.07 Å². The molecule has 5 rings (SSSR count). The Bertz CT molecular complexity index is 865. The molecule has 1 aromatic rings. The van der Waals surface area contributed by atoms with Crippen LogP contribution in [0, 0.1) is 17.2 Å². The first-order valence-corrected chi connectivity index (χ1v) is 10.5. The minimum absolute atomic E-state index is 0.0659. The third-order valence-electron chi connectivity index (χ3n) is 6.61. The molecule has 1 aliphatic carbocycles. The molecule has 0 radical (unpaired) electrons. The van der Waals surface area contributed by atoms with Crippen molar-refractivity contribution in [1.29, 1.82) is 5.26 Å². The first-order valence-electron chi connectivity index (χ1n) is 10.5. The number of amides is 2. The van der Waals surface area contributed by atoms with Crippen LogP contribution in [0.1, 0.15) is 35.2 Å². The number of morpholine rings is 1. The molecule has 1 spiro atoms. The lowest BCUT2D eigenvalue weighted by Crippen LogP contribution is -2.74. The van der Waals surface area contributed by atoms with E-state index in [0.29, 0.717) is 43.3 Å². The van der Waals surface area contributed by atoms with Crippen LogP contribution in [0.3, 0.4) is 0 Å². The van der Waals surface area contributed by atoms with Crippen LogP contribution in [-0.4, -0.2) is 84.0 Å². The molecule has 2 amide bonds. The molecule has 7 nitrogen and oxygen atoms in total. The second-order valence-electron chi connectivity index (χ2n) is 8.92. The van der Waals surface area contributed by atoms with Crippen molar-refractivity contribution in [3.05, 3.63) is 35.4 Å². The molecule has 152 valence electrons. The van der Waals surface area contributed by atoms with Gasteiger partial charge in [-0.25, -0.2) is 0 Å². The number of hydrogen-bond acceptors (Lipinski definition) is 5. The zero-order valence-electron chi connectivity index (χ0n) is 16.5. The van der Waals surface area contributed by atoms with Gasteiger partial charge in [-0.15, -0.1) is 0 Å². The number of likely N-dealkylation sites (tertiary alicyclic amines) is 2. The predicted octanol–water partition coefficient (Wildman–Crippen LogP) is 1.10. The van der Waals surface area contributed by atoms with Gasteiger partial charge in [0, 0.05) is 31.7 Å². The quantitative estimate of drug-likeness (QED) is 0.764. The van der Waals surface area contributed by atoms with E-state index in [2.05, 4.69) is 11.0 Å². The number of benzene rings is 1. The molecule has 4 aliphatic rings. The molecule has 7 heteroatoms. The van der Waals surface area contributed by atoms with Crippen LogP contribution < -0.4 is 0 Å². The summed E-state index contributed by atoms with van der Waals surface area (Å²) in [6.07, 6.45) is 3.58. The summed E-state index contributed by atoms with van der Waals surface area (Å²) < 4.78 is 6.21. The summed E-state index contributed by atoms with van der Waals surface area (Å²) in [4.78, 5) is 31.7. The Morgan fingerprint density at radius 3 is 2.62 bits per heavy atom. The summed E-state index contributed by atoms with van der Waals surface area (Å²) >= 11 is 0. The van der Waals surface area contributed by atoms with E-state index in [1.807, 2.05) is 4.90 Å². The van der Waals surface area contributed by atoms with Gasteiger partial charge in [0.1, 0.15) is 11.6 Å². The van der Waals surface area contributed by atoms with Gasteiger partial charge < -0.3 is 14.5 Å². The second kappa shape index (κ2) is 7.12. The van der Waals surface area contributed by atoms with E-state index in [0.717, 1.165) is 26.1 Å². The van der Waals surface area contributed by atoms with Crippen molar-refractivity contribution in [1.82, 2.24) is 14.7 Å². The molecule has 0 unspecified atom stereocenters. The number of nitriles is 1. The molecular formula is C22H26N4O3. The van der Waals surface area contributed by atoms with Crippen LogP contribution in [0.25, 0.3) is 0 Å². The fourth-order valence-electron chi connectivity index (χ4n) is 4.57. The molecule has 1 aromatic carbocycles.